The molecule has 37 heavy (non-hydrogen) atoms. The Morgan fingerprint density at radius 1 is 1.14 bits per heavy atom. The van der Waals surface area contributed by atoms with Gasteiger partial charge in [0.2, 0.25) is 0 Å². The van der Waals surface area contributed by atoms with Crippen molar-refractivity contribution in [2.24, 2.45) is 5.10 Å². The van der Waals surface area contributed by atoms with Gasteiger partial charge in [0, 0.05) is 20.9 Å². The van der Waals surface area contributed by atoms with E-state index in [-0.39, 0.29) is 12.2 Å². The molecular weight excluding hydrogens is 674 g/mol. The number of nitrogens with zero attached hydrogens (tertiary/aromatic N) is 3. The van der Waals surface area contributed by atoms with E-state index >= 15 is 0 Å². The van der Waals surface area contributed by atoms with Crippen LogP contribution in [0.1, 0.15) is 51.9 Å². The van der Waals surface area contributed by atoms with Gasteiger partial charge < -0.3 is 14.2 Å². The topological polar surface area (TPSA) is 92.0 Å². The quantitative estimate of drug-likeness (QED) is 0.165. The number of aryl methyl sites for hydroxylation is 1. The predicted octanol–water partition coefficient (Wildman–Crippen LogP) is 6.64. The molecule has 0 aliphatic rings. The highest BCUT2D eigenvalue weighted by Gasteiger charge is 2.23. The van der Waals surface area contributed by atoms with Crippen LogP contribution in [0.25, 0.3) is 10.9 Å². The van der Waals surface area contributed by atoms with E-state index in [9.17, 15) is 9.59 Å². The number of hydrogen-bond acceptors (Lipinski definition) is 7. The van der Waals surface area contributed by atoms with E-state index in [2.05, 4.69) is 59.8 Å². The lowest BCUT2D eigenvalue weighted by Crippen LogP contribution is -2.26. The van der Waals surface area contributed by atoms with Crippen molar-refractivity contribution in [3.05, 3.63) is 59.4 Å². The predicted molar refractivity (Wildman–Crippen MR) is 155 cm³/mol. The Labute approximate surface area is 240 Å². The molecule has 198 valence electrons. The first-order chi connectivity index (χ1) is 17.7. The zero-order valence-corrected chi connectivity index (χ0v) is 25.8. The molecule has 8 nitrogen and oxygen atoms in total. The molecule has 0 bridgehead atoms. The number of aromatic nitrogens is 2. The minimum atomic E-state index is -0.843. The van der Waals surface area contributed by atoms with Crippen LogP contribution in [0.5, 0.6) is 11.5 Å². The molecule has 0 spiro atoms. The van der Waals surface area contributed by atoms with E-state index in [1.807, 2.05) is 19.1 Å². The molecule has 3 aromatic rings. The van der Waals surface area contributed by atoms with Crippen LogP contribution in [-0.4, -0.2) is 41.2 Å². The Morgan fingerprint density at radius 2 is 1.89 bits per heavy atom. The number of carbonyl (C=O) groups excluding carboxylic acids is 1. The highest BCUT2D eigenvalue weighted by molar-refractivity contribution is 9.13. The number of carbonyl (C=O) groups is 1. The zero-order chi connectivity index (χ0) is 27.1. The number of hydrogen-bond donors (Lipinski definition) is 0. The number of unbranched alkanes of at least 4 members (excludes halogenated alkanes) is 1. The normalized spacial score (nSPS) is 12.2. The maximum atomic E-state index is 13.4. The van der Waals surface area contributed by atoms with E-state index in [0.29, 0.717) is 55.8 Å². The summed E-state index contributed by atoms with van der Waals surface area (Å²) in [6.45, 7) is 7.91. The molecule has 2 aromatic carbocycles. The molecule has 3 rings (SSSR count). The Balaban J connectivity index is 2.08. The minimum absolute atomic E-state index is 0.253. The SMILES string of the molecule is CCCCc1nc2ccc(Br)cc2c(=O)n1N=Cc1cc(OCC)c(O[C@H](C)C(=O)OCC)c(Br)c1Br. The Bertz CT molecular complexity index is 1370. The third-order valence-corrected chi connectivity index (χ3v) is 7.95. The monoisotopic (exact) mass is 699 g/mol. The van der Waals surface area contributed by atoms with Crippen molar-refractivity contribution in [1.82, 2.24) is 9.66 Å². The maximum Gasteiger partial charge on any atom is 0.347 e. The van der Waals surface area contributed by atoms with E-state index in [1.54, 1.807) is 32.2 Å². The molecule has 1 aromatic heterocycles. The van der Waals surface area contributed by atoms with Crippen LogP contribution in [0.4, 0.5) is 0 Å². The van der Waals surface area contributed by atoms with Gasteiger partial charge in [0.25, 0.3) is 5.56 Å². The van der Waals surface area contributed by atoms with Gasteiger partial charge in [-0.1, -0.05) is 29.3 Å². The van der Waals surface area contributed by atoms with Crippen LogP contribution in [0.15, 0.2) is 47.6 Å². The van der Waals surface area contributed by atoms with Crippen LogP contribution in [-0.2, 0) is 16.0 Å². The molecule has 0 radical (unpaired) electrons. The summed E-state index contributed by atoms with van der Waals surface area (Å²) in [5.41, 5.74) is 1.01. The van der Waals surface area contributed by atoms with E-state index in [1.165, 1.54) is 4.68 Å². The Kier molecular flexibility index (Phi) is 10.7. The van der Waals surface area contributed by atoms with Gasteiger partial charge >= 0.3 is 5.97 Å². The van der Waals surface area contributed by atoms with Crippen molar-refractivity contribution in [2.75, 3.05) is 13.2 Å². The van der Waals surface area contributed by atoms with Crippen molar-refractivity contribution in [1.29, 1.82) is 0 Å². The molecule has 0 saturated carbocycles. The Hall–Kier alpha value is -2.24. The van der Waals surface area contributed by atoms with Crippen molar-refractivity contribution in [2.45, 2.75) is 53.1 Å². The highest BCUT2D eigenvalue weighted by atomic mass is 79.9. The van der Waals surface area contributed by atoms with E-state index in [0.717, 1.165) is 17.3 Å². The molecule has 0 unspecified atom stereocenters. The van der Waals surface area contributed by atoms with E-state index in [4.69, 9.17) is 19.2 Å². The van der Waals surface area contributed by atoms with Crippen molar-refractivity contribution in [3.63, 3.8) is 0 Å². The van der Waals surface area contributed by atoms with Crippen LogP contribution in [0, 0.1) is 0 Å². The zero-order valence-electron chi connectivity index (χ0n) is 21.0. The maximum absolute atomic E-state index is 13.4. The summed E-state index contributed by atoms with van der Waals surface area (Å²) in [7, 11) is 0. The lowest BCUT2D eigenvalue weighted by Gasteiger charge is -2.19. The van der Waals surface area contributed by atoms with Gasteiger partial charge in [-0.05, 0) is 83.3 Å². The molecule has 0 saturated heterocycles. The average molecular weight is 702 g/mol. The third-order valence-electron chi connectivity index (χ3n) is 5.31. The smallest absolute Gasteiger partial charge is 0.347 e. The van der Waals surface area contributed by atoms with Crippen molar-refractivity contribution < 1.29 is 19.0 Å². The molecular formula is C26H28Br3N3O5. The molecule has 0 amide bonds. The lowest BCUT2D eigenvalue weighted by molar-refractivity contribution is -0.150. The van der Waals surface area contributed by atoms with Crippen molar-refractivity contribution in [3.8, 4) is 11.5 Å². The molecule has 0 aliphatic heterocycles. The van der Waals surface area contributed by atoms with Gasteiger partial charge in [-0.3, -0.25) is 4.79 Å². The number of rotatable bonds is 11. The summed E-state index contributed by atoms with van der Waals surface area (Å²) in [5.74, 6) is 0.869. The molecule has 0 aliphatic carbocycles. The third kappa shape index (κ3) is 7.00. The Morgan fingerprint density at radius 3 is 2.57 bits per heavy atom. The second kappa shape index (κ2) is 13.5. The van der Waals surface area contributed by atoms with Crippen LogP contribution < -0.4 is 15.0 Å². The first-order valence-corrected chi connectivity index (χ1v) is 14.3. The summed E-state index contributed by atoms with van der Waals surface area (Å²) < 4.78 is 20.0. The molecule has 0 N–H and O–H groups in total. The van der Waals surface area contributed by atoms with Gasteiger partial charge in [0.1, 0.15) is 5.82 Å². The number of benzene rings is 2. The number of halogens is 3. The fraction of sp³-hybridized carbons (Fsp3) is 0.385. The van der Waals surface area contributed by atoms with Gasteiger partial charge in [-0.15, -0.1) is 0 Å². The summed E-state index contributed by atoms with van der Waals surface area (Å²) in [6.07, 6.45) is 3.17. The summed E-state index contributed by atoms with van der Waals surface area (Å²) >= 11 is 10.6. The molecule has 11 heteroatoms. The van der Waals surface area contributed by atoms with Gasteiger partial charge in [-0.2, -0.15) is 9.78 Å². The van der Waals surface area contributed by atoms with Crippen molar-refractivity contribution >= 4 is 70.9 Å². The summed E-state index contributed by atoms with van der Waals surface area (Å²) in [4.78, 5) is 30.2. The molecule has 0 fully saturated rings. The van der Waals surface area contributed by atoms with Crippen LogP contribution in [0.3, 0.4) is 0 Å². The number of fused-ring (bicyclic) bond motifs is 1. The minimum Gasteiger partial charge on any atom is -0.490 e. The van der Waals surface area contributed by atoms with E-state index < -0.39 is 12.1 Å². The highest BCUT2D eigenvalue weighted by Crippen LogP contribution is 2.43. The average Bonchev–Trinajstić information content (AvgIpc) is 2.87. The first-order valence-electron chi connectivity index (χ1n) is 11.9. The van der Waals surface area contributed by atoms with Crippen LogP contribution >= 0.6 is 47.8 Å². The fourth-order valence-corrected chi connectivity index (χ4v) is 4.76. The standard InChI is InChI=1S/C26H28Br3N3O5/c1-5-8-9-21-31-19-11-10-17(27)13-18(19)25(33)32(21)30-14-16-12-20(35-6-2)24(23(29)22(16)28)37-15(4)26(34)36-7-3/h10-15H,5-9H2,1-4H3/t15-/m1/s1. The lowest BCUT2D eigenvalue weighted by atomic mass is 10.2. The van der Waals surface area contributed by atoms with Crippen LogP contribution in [0.2, 0.25) is 0 Å². The second-order valence-corrected chi connectivity index (χ2v) is 10.5. The number of ether oxygens (including phenoxy) is 3. The van der Waals surface area contributed by atoms with Gasteiger partial charge in [-0.25, -0.2) is 9.78 Å². The summed E-state index contributed by atoms with van der Waals surface area (Å²) in [6, 6.07) is 7.17. The fourth-order valence-electron chi connectivity index (χ4n) is 3.49. The molecule has 1 atom stereocenters. The second-order valence-electron chi connectivity index (χ2n) is 8.02. The summed E-state index contributed by atoms with van der Waals surface area (Å²) in [5, 5.41) is 5.01. The first kappa shape index (κ1) is 29.3. The van der Waals surface area contributed by atoms with Gasteiger partial charge in [0.15, 0.2) is 17.6 Å². The van der Waals surface area contributed by atoms with Gasteiger partial charge in [0.05, 0.1) is 34.8 Å². The number of esters is 1. The largest absolute Gasteiger partial charge is 0.490 e. The molecule has 1 heterocycles.